The lowest BCUT2D eigenvalue weighted by Gasteiger charge is -2.14. The van der Waals surface area contributed by atoms with Gasteiger partial charge < -0.3 is 10.1 Å². The summed E-state index contributed by atoms with van der Waals surface area (Å²) in [7, 11) is 0. The first kappa shape index (κ1) is 16.3. The summed E-state index contributed by atoms with van der Waals surface area (Å²) >= 11 is 18.2. The summed E-state index contributed by atoms with van der Waals surface area (Å²) < 4.78 is 5.73. The van der Waals surface area contributed by atoms with Gasteiger partial charge >= 0.3 is 0 Å². The predicted octanol–water partition coefficient (Wildman–Crippen LogP) is 6.05. The van der Waals surface area contributed by atoms with Crippen LogP contribution in [0.4, 0.5) is 5.69 Å². The van der Waals surface area contributed by atoms with Crippen molar-refractivity contribution >= 4 is 40.5 Å². The first-order chi connectivity index (χ1) is 10.1. The molecule has 0 amide bonds. The Labute approximate surface area is 140 Å². The third kappa shape index (κ3) is 4.70. The molecule has 2 rings (SSSR count). The van der Waals surface area contributed by atoms with Gasteiger partial charge in [-0.05, 0) is 42.8 Å². The summed E-state index contributed by atoms with van der Waals surface area (Å²) in [5.74, 6) is 0.685. The first-order valence-electron chi connectivity index (χ1n) is 6.70. The maximum atomic E-state index is 6.22. The minimum absolute atomic E-state index is 0.531. The van der Waals surface area contributed by atoms with Gasteiger partial charge in [0.1, 0.15) is 5.75 Å². The third-order valence-electron chi connectivity index (χ3n) is 2.86. The average molecular weight is 345 g/mol. The number of benzene rings is 2. The standard InChI is InChI=1S/C16H16Cl3NO/c1-2-7-21-16-11(8-13(18)9-15(16)19)10-20-14-5-3-12(17)4-6-14/h3-6,8-9,20H,2,7,10H2,1H3. The van der Waals surface area contributed by atoms with Crippen LogP contribution in [0.1, 0.15) is 18.9 Å². The van der Waals surface area contributed by atoms with Gasteiger partial charge in [-0.2, -0.15) is 0 Å². The summed E-state index contributed by atoms with van der Waals surface area (Å²) in [6.07, 6.45) is 0.920. The third-order valence-corrected chi connectivity index (χ3v) is 3.61. The smallest absolute Gasteiger partial charge is 0.142 e. The lowest BCUT2D eigenvalue weighted by Crippen LogP contribution is -2.04. The van der Waals surface area contributed by atoms with Crippen molar-refractivity contribution in [3.63, 3.8) is 0 Å². The van der Waals surface area contributed by atoms with Crippen molar-refractivity contribution in [2.45, 2.75) is 19.9 Å². The molecule has 0 aliphatic heterocycles. The van der Waals surface area contributed by atoms with Crippen LogP contribution in [0.3, 0.4) is 0 Å². The Bertz CT molecular complexity index is 599. The molecule has 0 saturated carbocycles. The molecule has 2 aromatic rings. The molecule has 0 heterocycles. The minimum atomic E-state index is 0.531. The van der Waals surface area contributed by atoms with Crippen LogP contribution in [0.5, 0.6) is 5.75 Å². The van der Waals surface area contributed by atoms with Gasteiger partial charge in [0.05, 0.1) is 11.6 Å². The van der Waals surface area contributed by atoms with Gasteiger partial charge in [0.2, 0.25) is 0 Å². The van der Waals surface area contributed by atoms with Crippen molar-refractivity contribution in [1.29, 1.82) is 0 Å². The van der Waals surface area contributed by atoms with Gasteiger partial charge in [-0.1, -0.05) is 41.7 Å². The molecule has 0 atom stereocenters. The second-order valence-corrected chi connectivity index (χ2v) is 5.86. The van der Waals surface area contributed by atoms with Gasteiger partial charge in [-0.3, -0.25) is 0 Å². The first-order valence-corrected chi connectivity index (χ1v) is 7.83. The molecule has 0 radical (unpaired) electrons. The van der Waals surface area contributed by atoms with Crippen LogP contribution in [0, 0.1) is 0 Å². The lowest BCUT2D eigenvalue weighted by molar-refractivity contribution is 0.314. The van der Waals surface area contributed by atoms with Crippen LogP contribution in [-0.4, -0.2) is 6.61 Å². The average Bonchev–Trinajstić information content (AvgIpc) is 2.45. The van der Waals surface area contributed by atoms with Crippen LogP contribution in [0.2, 0.25) is 15.1 Å². The molecule has 0 fully saturated rings. The molecule has 112 valence electrons. The second-order valence-electron chi connectivity index (χ2n) is 4.58. The van der Waals surface area contributed by atoms with E-state index in [0.717, 1.165) is 17.7 Å². The van der Waals surface area contributed by atoms with Crippen LogP contribution in [-0.2, 0) is 6.54 Å². The molecule has 0 bridgehead atoms. The largest absolute Gasteiger partial charge is 0.492 e. The SMILES string of the molecule is CCCOc1c(Cl)cc(Cl)cc1CNc1ccc(Cl)cc1. The van der Waals surface area contributed by atoms with E-state index in [0.29, 0.717) is 34.0 Å². The molecule has 2 nitrogen and oxygen atoms in total. The quantitative estimate of drug-likeness (QED) is 0.689. The van der Waals surface area contributed by atoms with E-state index in [9.17, 15) is 0 Å². The normalized spacial score (nSPS) is 10.5. The Hall–Kier alpha value is -1.09. The Morgan fingerprint density at radius 2 is 1.71 bits per heavy atom. The molecule has 2 aromatic carbocycles. The van der Waals surface area contributed by atoms with E-state index < -0.39 is 0 Å². The summed E-state index contributed by atoms with van der Waals surface area (Å²) in [4.78, 5) is 0. The van der Waals surface area contributed by atoms with Gasteiger partial charge in [0.15, 0.2) is 0 Å². The van der Waals surface area contributed by atoms with E-state index in [1.165, 1.54) is 0 Å². The highest BCUT2D eigenvalue weighted by Gasteiger charge is 2.10. The Morgan fingerprint density at radius 3 is 2.38 bits per heavy atom. The molecule has 0 aromatic heterocycles. The maximum Gasteiger partial charge on any atom is 0.142 e. The van der Waals surface area contributed by atoms with Crippen molar-refractivity contribution in [3.05, 3.63) is 57.0 Å². The predicted molar refractivity (Wildman–Crippen MR) is 91.0 cm³/mol. The van der Waals surface area contributed by atoms with Crippen molar-refractivity contribution in [3.8, 4) is 5.75 Å². The highest BCUT2D eigenvalue weighted by molar-refractivity contribution is 6.35. The number of nitrogens with one attached hydrogen (secondary N) is 1. The summed E-state index contributed by atoms with van der Waals surface area (Å²) in [5, 5.41) is 5.14. The lowest BCUT2D eigenvalue weighted by atomic mass is 10.2. The van der Waals surface area contributed by atoms with Gasteiger partial charge in [0, 0.05) is 27.8 Å². The number of ether oxygens (including phenoxy) is 1. The Kier molecular flexibility index (Phi) is 6.04. The zero-order valence-electron chi connectivity index (χ0n) is 11.6. The fourth-order valence-corrected chi connectivity index (χ4v) is 2.59. The number of hydrogen-bond donors (Lipinski definition) is 1. The zero-order valence-corrected chi connectivity index (χ0v) is 13.9. The molecule has 0 unspecified atom stereocenters. The van der Waals surface area contributed by atoms with Gasteiger partial charge in [0.25, 0.3) is 0 Å². The highest BCUT2D eigenvalue weighted by Crippen LogP contribution is 2.33. The molecule has 1 N–H and O–H groups in total. The maximum absolute atomic E-state index is 6.22. The summed E-state index contributed by atoms with van der Waals surface area (Å²) in [5.41, 5.74) is 1.90. The van der Waals surface area contributed by atoms with Crippen molar-refractivity contribution in [2.75, 3.05) is 11.9 Å². The summed E-state index contributed by atoms with van der Waals surface area (Å²) in [6.45, 7) is 3.24. The summed E-state index contributed by atoms with van der Waals surface area (Å²) in [6, 6.07) is 11.1. The molecule has 0 spiro atoms. The van der Waals surface area contributed by atoms with Gasteiger partial charge in [-0.15, -0.1) is 0 Å². The van der Waals surface area contributed by atoms with E-state index >= 15 is 0 Å². The van der Waals surface area contributed by atoms with Crippen LogP contribution < -0.4 is 10.1 Å². The van der Waals surface area contributed by atoms with Crippen LogP contribution in [0.25, 0.3) is 0 Å². The number of anilines is 1. The van der Waals surface area contributed by atoms with Crippen molar-refractivity contribution in [2.24, 2.45) is 0 Å². The van der Waals surface area contributed by atoms with E-state index in [1.54, 1.807) is 6.07 Å². The molecular formula is C16H16Cl3NO. The van der Waals surface area contributed by atoms with Gasteiger partial charge in [-0.25, -0.2) is 0 Å². The molecule has 5 heteroatoms. The van der Waals surface area contributed by atoms with Crippen LogP contribution in [0.15, 0.2) is 36.4 Å². The van der Waals surface area contributed by atoms with Crippen molar-refractivity contribution < 1.29 is 4.74 Å². The monoisotopic (exact) mass is 343 g/mol. The number of rotatable bonds is 6. The topological polar surface area (TPSA) is 21.3 Å². The second kappa shape index (κ2) is 7.79. The van der Waals surface area contributed by atoms with E-state index in [2.05, 4.69) is 12.2 Å². The van der Waals surface area contributed by atoms with Crippen LogP contribution >= 0.6 is 34.8 Å². The Morgan fingerprint density at radius 1 is 1.00 bits per heavy atom. The molecule has 0 saturated heterocycles. The molecule has 0 aliphatic rings. The fourth-order valence-electron chi connectivity index (χ4n) is 1.88. The van der Waals surface area contributed by atoms with E-state index in [4.69, 9.17) is 39.5 Å². The van der Waals surface area contributed by atoms with Crippen molar-refractivity contribution in [1.82, 2.24) is 0 Å². The Balaban J connectivity index is 2.15. The highest BCUT2D eigenvalue weighted by atomic mass is 35.5. The number of halogens is 3. The number of hydrogen-bond acceptors (Lipinski definition) is 2. The fraction of sp³-hybridized carbons (Fsp3) is 0.250. The minimum Gasteiger partial charge on any atom is -0.492 e. The van der Waals surface area contributed by atoms with E-state index in [-0.39, 0.29) is 0 Å². The molecule has 0 aliphatic carbocycles. The molecule has 21 heavy (non-hydrogen) atoms. The zero-order chi connectivity index (χ0) is 15.2. The molecular weight excluding hydrogens is 329 g/mol. The van der Waals surface area contributed by atoms with E-state index in [1.807, 2.05) is 30.3 Å².